The number of ether oxygens (including phenoxy) is 1. The molecule has 0 fully saturated rings. The van der Waals surface area contributed by atoms with E-state index in [1.165, 1.54) is 5.56 Å². The lowest BCUT2D eigenvalue weighted by Crippen LogP contribution is -2.39. The maximum Gasteiger partial charge on any atom is 0.279 e. The molecule has 2 aromatic carbocycles. The molecule has 0 bridgehead atoms. The van der Waals surface area contributed by atoms with Gasteiger partial charge < -0.3 is 4.74 Å². The van der Waals surface area contributed by atoms with Crippen LogP contribution in [0.1, 0.15) is 44.4 Å². The lowest BCUT2D eigenvalue weighted by Gasteiger charge is -2.20. The molecule has 0 aromatic heterocycles. The minimum atomic E-state index is -0.598. The van der Waals surface area contributed by atoms with Crippen molar-refractivity contribution in [3.05, 3.63) is 59.2 Å². The SMILES string of the molecule is Cc1cc(C)cc(NNC(=O)[C@@H](C)Oc2ccc(C(C)(C)C)cc2)c1. The first-order chi connectivity index (χ1) is 11.6. The second-order valence-corrected chi connectivity index (χ2v) is 7.53. The third-order valence-corrected chi connectivity index (χ3v) is 3.95. The monoisotopic (exact) mass is 340 g/mol. The average molecular weight is 340 g/mol. The average Bonchev–Trinajstić information content (AvgIpc) is 2.51. The molecular weight excluding hydrogens is 312 g/mol. The Kier molecular flexibility index (Phi) is 5.73. The molecule has 0 aliphatic heterocycles. The van der Waals surface area contributed by atoms with Crippen molar-refractivity contribution in [3.8, 4) is 5.75 Å². The zero-order valence-corrected chi connectivity index (χ0v) is 15.9. The van der Waals surface area contributed by atoms with E-state index in [2.05, 4.69) is 37.7 Å². The van der Waals surface area contributed by atoms with Crippen LogP contribution in [0.3, 0.4) is 0 Å². The molecule has 2 aromatic rings. The van der Waals surface area contributed by atoms with Gasteiger partial charge in [0, 0.05) is 0 Å². The molecule has 0 spiro atoms. The van der Waals surface area contributed by atoms with Crippen molar-refractivity contribution in [2.45, 2.75) is 53.1 Å². The summed E-state index contributed by atoms with van der Waals surface area (Å²) in [5.41, 5.74) is 10.1. The summed E-state index contributed by atoms with van der Waals surface area (Å²) in [7, 11) is 0. The van der Waals surface area contributed by atoms with E-state index in [0.29, 0.717) is 5.75 Å². The first-order valence-electron chi connectivity index (χ1n) is 8.56. The standard InChI is InChI=1S/C21H28N2O2/c1-14-11-15(2)13-18(12-14)22-23-20(24)16(3)25-19-9-7-17(8-10-19)21(4,5)6/h7-13,16,22H,1-6H3,(H,23,24)/t16-/m1/s1. The van der Waals surface area contributed by atoms with Gasteiger partial charge in [-0.05, 0) is 67.1 Å². The second kappa shape index (κ2) is 7.60. The molecule has 0 unspecified atom stereocenters. The van der Waals surface area contributed by atoms with Crippen LogP contribution in [0, 0.1) is 13.8 Å². The highest BCUT2D eigenvalue weighted by Gasteiger charge is 2.16. The van der Waals surface area contributed by atoms with Gasteiger partial charge in [-0.3, -0.25) is 15.6 Å². The van der Waals surface area contributed by atoms with Crippen LogP contribution < -0.4 is 15.6 Å². The summed E-state index contributed by atoms with van der Waals surface area (Å²) in [6, 6.07) is 13.9. The molecule has 0 aliphatic rings. The number of amides is 1. The topological polar surface area (TPSA) is 50.4 Å². The third-order valence-electron chi connectivity index (χ3n) is 3.95. The van der Waals surface area contributed by atoms with Crippen LogP contribution in [0.2, 0.25) is 0 Å². The predicted molar refractivity (Wildman–Crippen MR) is 103 cm³/mol. The summed E-state index contributed by atoms with van der Waals surface area (Å²) >= 11 is 0. The van der Waals surface area contributed by atoms with Crippen molar-refractivity contribution >= 4 is 11.6 Å². The largest absolute Gasteiger partial charge is 0.481 e. The fraction of sp³-hybridized carbons (Fsp3) is 0.381. The Bertz CT molecular complexity index is 710. The van der Waals surface area contributed by atoms with E-state index in [0.717, 1.165) is 16.8 Å². The number of anilines is 1. The van der Waals surface area contributed by atoms with Gasteiger partial charge in [-0.25, -0.2) is 0 Å². The van der Waals surface area contributed by atoms with Crippen molar-refractivity contribution in [2.75, 3.05) is 5.43 Å². The Morgan fingerprint density at radius 1 is 1.00 bits per heavy atom. The summed E-state index contributed by atoms with van der Waals surface area (Å²) < 4.78 is 5.73. The van der Waals surface area contributed by atoms with Gasteiger partial charge >= 0.3 is 0 Å². The second-order valence-electron chi connectivity index (χ2n) is 7.53. The zero-order chi connectivity index (χ0) is 18.6. The summed E-state index contributed by atoms with van der Waals surface area (Å²) in [6.07, 6.45) is -0.598. The number of nitrogens with one attached hydrogen (secondary N) is 2. The van der Waals surface area contributed by atoms with Gasteiger partial charge in [-0.15, -0.1) is 0 Å². The summed E-state index contributed by atoms with van der Waals surface area (Å²) in [4.78, 5) is 12.2. The lowest BCUT2D eigenvalue weighted by molar-refractivity contribution is -0.126. The van der Waals surface area contributed by atoms with Crippen LogP contribution in [0.4, 0.5) is 5.69 Å². The molecule has 25 heavy (non-hydrogen) atoms. The maximum absolute atomic E-state index is 12.2. The number of hydrogen-bond donors (Lipinski definition) is 2. The van der Waals surface area contributed by atoms with Crippen LogP contribution in [0.25, 0.3) is 0 Å². The Balaban J connectivity index is 1.91. The highest BCUT2D eigenvalue weighted by atomic mass is 16.5. The molecule has 4 nitrogen and oxygen atoms in total. The van der Waals surface area contributed by atoms with Gasteiger partial charge in [0.05, 0.1) is 5.69 Å². The number of rotatable bonds is 5. The van der Waals surface area contributed by atoms with Gasteiger partial charge in [0.1, 0.15) is 5.75 Å². The van der Waals surface area contributed by atoms with Gasteiger partial charge in [0.2, 0.25) is 0 Å². The minimum absolute atomic E-state index is 0.0946. The molecular formula is C21H28N2O2. The van der Waals surface area contributed by atoms with Gasteiger partial charge in [0.25, 0.3) is 5.91 Å². The fourth-order valence-corrected chi connectivity index (χ4v) is 2.57. The normalized spacial score (nSPS) is 12.4. The number of carbonyl (C=O) groups is 1. The van der Waals surface area contributed by atoms with Gasteiger partial charge in [-0.1, -0.05) is 39.0 Å². The van der Waals surface area contributed by atoms with Crippen molar-refractivity contribution in [2.24, 2.45) is 0 Å². The van der Waals surface area contributed by atoms with Crippen molar-refractivity contribution in [1.82, 2.24) is 5.43 Å². The molecule has 2 N–H and O–H groups in total. The van der Waals surface area contributed by atoms with Crippen LogP contribution in [0.5, 0.6) is 5.75 Å². The molecule has 0 heterocycles. The number of aryl methyl sites for hydroxylation is 2. The molecule has 0 radical (unpaired) electrons. The minimum Gasteiger partial charge on any atom is -0.481 e. The molecule has 0 saturated carbocycles. The predicted octanol–water partition coefficient (Wildman–Crippen LogP) is 4.51. The summed E-state index contributed by atoms with van der Waals surface area (Å²) in [5, 5.41) is 0. The van der Waals surface area contributed by atoms with E-state index in [1.807, 2.05) is 50.2 Å². The Labute approximate surface area is 150 Å². The molecule has 2 rings (SSSR count). The molecule has 1 atom stereocenters. The summed E-state index contributed by atoms with van der Waals surface area (Å²) in [5.74, 6) is 0.459. The lowest BCUT2D eigenvalue weighted by atomic mass is 9.87. The van der Waals surface area contributed by atoms with E-state index in [4.69, 9.17) is 4.74 Å². The number of benzene rings is 2. The highest BCUT2D eigenvalue weighted by molar-refractivity contribution is 5.82. The van der Waals surface area contributed by atoms with E-state index < -0.39 is 6.10 Å². The molecule has 134 valence electrons. The van der Waals surface area contributed by atoms with Crippen molar-refractivity contribution in [3.63, 3.8) is 0 Å². The molecule has 0 aliphatic carbocycles. The Morgan fingerprint density at radius 3 is 2.08 bits per heavy atom. The smallest absolute Gasteiger partial charge is 0.279 e. The maximum atomic E-state index is 12.2. The van der Waals surface area contributed by atoms with E-state index >= 15 is 0 Å². The molecule has 0 saturated heterocycles. The molecule has 4 heteroatoms. The zero-order valence-electron chi connectivity index (χ0n) is 15.9. The quantitative estimate of drug-likeness (QED) is 0.787. The van der Waals surface area contributed by atoms with Gasteiger partial charge in [-0.2, -0.15) is 0 Å². The van der Waals surface area contributed by atoms with Crippen LogP contribution in [0.15, 0.2) is 42.5 Å². The summed E-state index contributed by atoms with van der Waals surface area (Å²) in [6.45, 7) is 12.3. The van der Waals surface area contributed by atoms with Crippen LogP contribution in [-0.2, 0) is 10.2 Å². The number of carbonyl (C=O) groups excluding carboxylic acids is 1. The van der Waals surface area contributed by atoms with Gasteiger partial charge in [0.15, 0.2) is 6.10 Å². The van der Waals surface area contributed by atoms with E-state index in [-0.39, 0.29) is 11.3 Å². The highest BCUT2D eigenvalue weighted by Crippen LogP contribution is 2.24. The third kappa shape index (κ3) is 5.52. The van der Waals surface area contributed by atoms with Crippen molar-refractivity contribution in [1.29, 1.82) is 0 Å². The van der Waals surface area contributed by atoms with Crippen LogP contribution >= 0.6 is 0 Å². The number of hydrazine groups is 1. The van der Waals surface area contributed by atoms with E-state index in [9.17, 15) is 4.79 Å². The first kappa shape index (κ1) is 18.8. The molecule has 1 amide bonds. The first-order valence-corrected chi connectivity index (χ1v) is 8.56. The fourth-order valence-electron chi connectivity index (χ4n) is 2.57. The van der Waals surface area contributed by atoms with Crippen LogP contribution in [-0.4, -0.2) is 12.0 Å². The Morgan fingerprint density at radius 2 is 1.56 bits per heavy atom. The Hall–Kier alpha value is -2.49. The van der Waals surface area contributed by atoms with E-state index in [1.54, 1.807) is 6.92 Å². The van der Waals surface area contributed by atoms with Crippen molar-refractivity contribution < 1.29 is 9.53 Å². The number of hydrogen-bond acceptors (Lipinski definition) is 3.